The summed E-state index contributed by atoms with van der Waals surface area (Å²) in [7, 11) is 0. The molecule has 1 aromatic carbocycles. The lowest BCUT2D eigenvalue weighted by molar-refractivity contribution is 0.306. The second kappa shape index (κ2) is 5.55. The fraction of sp³-hybridized carbons (Fsp3) is 0.154. The molecule has 0 atom stereocenters. The molecule has 0 saturated heterocycles. The predicted molar refractivity (Wildman–Crippen MR) is 72.3 cm³/mol. The van der Waals surface area contributed by atoms with E-state index in [2.05, 4.69) is 5.16 Å². The SMILES string of the molecule is Cc1ccc(OCc2cccs2)c(/C(N)=N/O)c1. The quantitative estimate of drug-likeness (QED) is 0.385. The van der Waals surface area contributed by atoms with Crippen LogP contribution in [0.4, 0.5) is 0 Å². The summed E-state index contributed by atoms with van der Waals surface area (Å²) in [5.41, 5.74) is 7.27. The van der Waals surface area contributed by atoms with Crippen LogP contribution in [0.15, 0.2) is 40.9 Å². The zero-order chi connectivity index (χ0) is 13.0. The number of rotatable bonds is 4. The number of benzene rings is 1. The molecule has 18 heavy (non-hydrogen) atoms. The van der Waals surface area contributed by atoms with Crippen molar-refractivity contribution in [3.63, 3.8) is 0 Å². The third-order valence-corrected chi connectivity index (χ3v) is 3.32. The largest absolute Gasteiger partial charge is 0.487 e. The lowest BCUT2D eigenvalue weighted by Crippen LogP contribution is -2.15. The van der Waals surface area contributed by atoms with Crippen molar-refractivity contribution in [3.8, 4) is 5.75 Å². The first kappa shape index (κ1) is 12.4. The van der Waals surface area contributed by atoms with E-state index in [1.807, 2.05) is 42.6 Å². The molecule has 0 aliphatic carbocycles. The monoisotopic (exact) mass is 262 g/mol. The fourth-order valence-corrected chi connectivity index (χ4v) is 2.18. The predicted octanol–water partition coefficient (Wildman–Crippen LogP) is 2.73. The first-order valence-electron chi connectivity index (χ1n) is 5.44. The van der Waals surface area contributed by atoms with E-state index in [1.54, 1.807) is 11.3 Å². The van der Waals surface area contributed by atoms with E-state index in [1.165, 1.54) is 0 Å². The summed E-state index contributed by atoms with van der Waals surface area (Å²) in [4.78, 5) is 1.13. The maximum Gasteiger partial charge on any atom is 0.173 e. The summed E-state index contributed by atoms with van der Waals surface area (Å²) in [6, 6.07) is 9.57. The fourth-order valence-electron chi connectivity index (χ4n) is 1.57. The Kier molecular flexibility index (Phi) is 3.84. The number of nitrogens with zero attached hydrogens (tertiary/aromatic N) is 1. The first-order chi connectivity index (χ1) is 8.70. The van der Waals surface area contributed by atoms with E-state index >= 15 is 0 Å². The van der Waals surface area contributed by atoms with Gasteiger partial charge in [0.05, 0.1) is 5.56 Å². The molecule has 0 spiro atoms. The first-order valence-corrected chi connectivity index (χ1v) is 6.32. The molecule has 2 rings (SSSR count). The minimum absolute atomic E-state index is 0.0554. The van der Waals surface area contributed by atoms with Crippen molar-refractivity contribution >= 4 is 17.2 Å². The molecule has 1 aromatic heterocycles. The average Bonchev–Trinajstić information content (AvgIpc) is 2.89. The maximum absolute atomic E-state index is 8.77. The van der Waals surface area contributed by atoms with E-state index in [0.717, 1.165) is 10.4 Å². The van der Waals surface area contributed by atoms with Crippen LogP contribution in [0.5, 0.6) is 5.75 Å². The zero-order valence-electron chi connectivity index (χ0n) is 9.96. The molecule has 5 heteroatoms. The molecule has 3 N–H and O–H groups in total. The van der Waals surface area contributed by atoms with Gasteiger partial charge in [-0.3, -0.25) is 0 Å². The number of hydrogen-bond acceptors (Lipinski definition) is 4. The standard InChI is InChI=1S/C13H14N2O2S/c1-9-4-5-12(11(7-9)13(14)15-16)17-8-10-3-2-6-18-10/h2-7,16H,8H2,1H3,(H2,14,15). The minimum atomic E-state index is 0.0554. The number of aryl methyl sites for hydroxylation is 1. The molecule has 0 saturated carbocycles. The third kappa shape index (κ3) is 2.81. The van der Waals surface area contributed by atoms with Crippen LogP contribution >= 0.6 is 11.3 Å². The van der Waals surface area contributed by atoms with Gasteiger partial charge in [-0.15, -0.1) is 11.3 Å². The highest BCUT2D eigenvalue weighted by atomic mass is 32.1. The Bertz CT molecular complexity index is 550. The molecular formula is C13H14N2O2S. The van der Waals surface area contributed by atoms with Gasteiger partial charge in [0.15, 0.2) is 5.84 Å². The van der Waals surface area contributed by atoms with Gasteiger partial charge in [0.25, 0.3) is 0 Å². The Balaban J connectivity index is 2.21. The van der Waals surface area contributed by atoms with Gasteiger partial charge in [0, 0.05) is 4.88 Å². The van der Waals surface area contributed by atoms with Crippen LogP contribution in [-0.4, -0.2) is 11.0 Å². The molecule has 0 radical (unpaired) electrons. The van der Waals surface area contributed by atoms with Gasteiger partial charge in [-0.2, -0.15) is 0 Å². The van der Waals surface area contributed by atoms with Gasteiger partial charge in [0.1, 0.15) is 12.4 Å². The molecule has 0 aliphatic heterocycles. The topological polar surface area (TPSA) is 67.8 Å². The van der Waals surface area contributed by atoms with Crippen molar-refractivity contribution in [2.24, 2.45) is 10.9 Å². The van der Waals surface area contributed by atoms with Crippen LogP contribution in [0, 0.1) is 6.92 Å². The molecule has 0 fully saturated rings. The maximum atomic E-state index is 8.77. The van der Waals surface area contributed by atoms with E-state index < -0.39 is 0 Å². The summed E-state index contributed by atoms with van der Waals surface area (Å²) in [5, 5.41) is 13.8. The zero-order valence-corrected chi connectivity index (χ0v) is 10.8. The van der Waals surface area contributed by atoms with Crippen molar-refractivity contribution in [2.75, 3.05) is 0 Å². The van der Waals surface area contributed by atoms with Crippen LogP contribution in [0.25, 0.3) is 0 Å². The van der Waals surface area contributed by atoms with Crippen molar-refractivity contribution in [3.05, 3.63) is 51.7 Å². The van der Waals surface area contributed by atoms with E-state index in [4.69, 9.17) is 15.7 Å². The normalized spacial score (nSPS) is 11.5. The number of amidine groups is 1. The van der Waals surface area contributed by atoms with Crippen LogP contribution in [0.2, 0.25) is 0 Å². The molecule has 0 bridgehead atoms. The molecule has 2 aromatic rings. The number of thiophene rings is 1. The Labute approximate surface area is 109 Å². The lowest BCUT2D eigenvalue weighted by Gasteiger charge is -2.10. The highest BCUT2D eigenvalue weighted by molar-refractivity contribution is 7.09. The Morgan fingerprint density at radius 1 is 1.44 bits per heavy atom. The van der Waals surface area contributed by atoms with Gasteiger partial charge in [0.2, 0.25) is 0 Å². The van der Waals surface area contributed by atoms with Crippen molar-refractivity contribution in [1.29, 1.82) is 0 Å². The number of nitrogens with two attached hydrogens (primary N) is 1. The molecule has 94 valence electrons. The number of hydrogen-bond donors (Lipinski definition) is 2. The molecular weight excluding hydrogens is 248 g/mol. The van der Waals surface area contributed by atoms with Crippen LogP contribution in [0.1, 0.15) is 16.0 Å². The lowest BCUT2D eigenvalue weighted by atomic mass is 10.1. The molecule has 1 heterocycles. The Hall–Kier alpha value is -2.01. The minimum Gasteiger partial charge on any atom is -0.487 e. The van der Waals surface area contributed by atoms with Gasteiger partial charge < -0.3 is 15.7 Å². The summed E-state index contributed by atoms with van der Waals surface area (Å²) in [5.74, 6) is 0.671. The van der Waals surface area contributed by atoms with Gasteiger partial charge in [-0.1, -0.05) is 22.9 Å². The summed E-state index contributed by atoms with van der Waals surface area (Å²) >= 11 is 1.63. The van der Waals surface area contributed by atoms with Crippen molar-refractivity contribution < 1.29 is 9.94 Å². The smallest absolute Gasteiger partial charge is 0.173 e. The summed E-state index contributed by atoms with van der Waals surface area (Å²) in [6.45, 7) is 2.42. The number of ether oxygens (including phenoxy) is 1. The summed E-state index contributed by atoms with van der Waals surface area (Å²) < 4.78 is 5.70. The molecule has 4 nitrogen and oxygen atoms in total. The van der Waals surface area contributed by atoms with Gasteiger partial charge >= 0.3 is 0 Å². The second-order valence-electron chi connectivity index (χ2n) is 3.85. The van der Waals surface area contributed by atoms with Crippen LogP contribution < -0.4 is 10.5 Å². The van der Waals surface area contributed by atoms with E-state index in [-0.39, 0.29) is 5.84 Å². The molecule has 0 unspecified atom stereocenters. The van der Waals surface area contributed by atoms with Crippen molar-refractivity contribution in [1.82, 2.24) is 0 Å². The number of oxime groups is 1. The van der Waals surface area contributed by atoms with Gasteiger partial charge in [-0.05, 0) is 30.5 Å². The van der Waals surface area contributed by atoms with E-state index in [0.29, 0.717) is 17.9 Å². The Morgan fingerprint density at radius 3 is 2.94 bits per heavy atom. The van der Waals surface area contributed by atoms with Crippen molar-refractivity contribution in [2.45, 2.75) is 13.5 Å². The molecule has 0 amide bonds. The summed E-state index contributed by atoms with van der Waals surface area (Å²) in [6.07, 6.45) is 0. The second-order valence-corrected chi connectivity index (χ2v) is 4.89. The van der Waals surface area contributed by atoms with Crippen LogP contribution in [-0.2, 0) is 6.61 Å². The highest BCUT2D eigenvalue weighted by Gasteiger charge is 2.09. The molecule has 0 aliphatic rings. The van der Waals surface area contributed by atoms with Gasteiger partial charge in [-0.25, -0.2) is 0 Å². The highest BCUT2D eigenvalue weighted by Crippen LogP contribution is 2.22. The third-order valence-electron chi connectivity index (χ3n) is 2.47. The van der Waals surface area contributed by atoms with E-state index in [9.17, 15) is 0 Å². The average molecular weight is 262 g/mol. The Morgan fingerprint density at radius 2 is 2.28 bits per heavy atom. The van der Waals surface area contributed by atoms with Crippen LogP contribution in [0.3, 0.4) is 0 Å².